The van der Waals surface area contributed by atoms with E-state index in [9.17, 15) is 4.79 Å². The quantitative estimate of drug-likeness (QED) is 0.864. The van der Waals surface area contributed by atoms with Gasteiger partial charge < -0.3 is 14.9 Å². The largest absolute Gasteiger partial charge is 0.477 e. The highest BCUT2D eigenvalue weighted by Gasteiger charge is 2.21. The zero-order chi connectivity index (χ0) is 13.8. The van der Waals surface area contributed by atoms with E-state index < -0.39 is 5.97 Å². The van der Waals surface area contributed by atoms with E-state index in [0.29, 0.717) is 12.5 Å². The van der Waals surface area contributed by atoms with Crippen LogP contribution in [-0.2, 0) is 6.54 Å². The fourth-order valence-corrected chi connectivity index (χ4v) is 2.73. The van der Waals surface area contributed by atoms with Crippen LogP contribution >= 0.6 is 0 Å². The summed E-state index contributed by atoms with van der Waals surface area (Å²) in [7, 11) is 4.18. The highest BCUT2D eigenvalue weighted by molar-refractivity contribution is 5.86. The standard InChI is InChI=1S/C14H21N3O2/c1-16-7-5-11(8-16)9-17(2)10-12-4-3-6-15-13(12)14(18)19/h3-4,6,11H,5,7-10H2,1-2H3,(H,18,19). The minimum atomic E-state index is -0.954. The van der Waals surface area contributed by atoms with E-state index in [-0.39, 0.29) is 5.69 Å². The molecule has 0 spiro atoms. The summed E-state index contributed by atoms with van der Waals surface area (Å²) < 4.78 is 0. The third-order valence-corrected chi connectivity index (χ3v) is 3.59. The number of hydrogen-bond acceptors (Lipinski definition) is 4. The lowest BCUT2D eigenvalue weighted by Crippen LogP contribution is -2.27. The lowest BCUT2D eigenvalue weighted by atomic mass is 10.1. The van der Waals surface area contributed by atoms with Gasteiger partial charge in [0, 0.05) is 25.8 Å². The molecule has 19 heavy (non-hydrogen) atoms. The molecule has 1 aromatic heterocycles. The number of carboxylic acid groups (broad SMARTS) is 1. The van der Waals surface area contributed by atoms with Crippen molar-refractivity contribution in [1.29, 1.82) is 0 Å². The topological polar surface area (TPSA) is 56.7 Å². The van der Waals surface area contributed by atoms with Gasteiger partial charge in [-0.3, -0.25) is 0 Å². The SMILES string of the molecule is CN1CCC(CN(C)Cc2cccnc2C(=O)O)C1. The van der Waals surface area contributed by atoms with Crippen molar-refractivity contribution in [3.8, 4) is 0 Å². The van der Waals surface area contributed by atoms with E-state index >= 15 is 0 Å². The first-order chi connectivity index (χ1) is 9.06. The fourth-order valence-electron chi connectivity index (χ4n) is 2.73. The number of nitrogens with zero attached hydrogens (tertiary/aromatic N) is 3. The molecule has 1 unspecified atom stereocenters. The Kier molecular flexibility index (Phi) is 4.50. The predicted octanol–water partition coefficient (Wildman–Crippen LogP) is 1.16. The molecule has 0 amide bonds. The summed E-state index contributed by atoms with van der Waals surface area (Å²) in [6.45, 7) is 3.92. The summed E-state index contributed by atoms with van der Waals surface area (Å²) in [6.07, 6.45) is 2.75. The average Bonchev–Trinajstić information content (AvgIpc) is 2.75. The van der Waals surface area contributed by atoms with E-state index in [4.69, 9.17) is 5.11 Å². The summed E-state index contributed by atoms with van der Waals surface area (Å²) >= 11 is 0. The van der Waals surface area contributed by atoms with Crippen molar-refractivity contribution in [2.75, 3.05) is 33.7 Å². The van der Waals surface area contributed by atoms with Crippen LogP contribution < -0.4 is 0 Å². The summed E-state index contributed by atoms with van der Waals surface area (Å²) in [5.41, 5.74) is 0.946. The molecule has 1 saturated heterocycles. The number of pyridine rings is 1. The van der Waals surface area contributed by atoms with Crippen LogP contribution in [0.4, 0.5) is 0 Å². The first-order valence-electron chi connectivity index (χ1n) is 6.60. The van der Waals surface area contributed by atoms with E-state index in [1.807, 2.05) is 13.1 Å². The zero-order valence-electron chi connectivity index (χ0n) is 11.5. The minimum absolute atomic E-state index is 0.165. The average molecular weight is 263 g/mol. The smallest absolute Gasteiger partial charge is 0.354 e. The molecular weight excluding hydrogens is 242 g/mol. The molecule has 5 heteroatoms. The fraction of sp³-hybridized carbons (Fsp3) is 0.571. The maximum Gasteiger partial charge on any atom is 0.354 e. The molecule has 5 nitrogen and oxygen atoms in total. The van der Waals surface area contributed by atoms with E-state index in [1.54, 1.807) is 6.07 Å². The van der Waals surface area contributed by atoms with Crippen molar-refractivity contribution in [1.82, 2.24) is 14.8 Å². The van der Waals surface area contributed by atoms with Crippen LogP contribution in [0.25, 0.3) is 0 Å². The number of aromatic nitrogens is 1. The Hall–Kier alpha value is -1.46. The van der Waals surface area contributed by atoms with Gasteiger partial charge in [-0.05, 0) is 44.6 Å². The first-order valence-corrected chi connectivity index (χ1v) is 6.60. The molecule has 0 saturated carbocycles. The Morgan fingerprint density at radius 2 is 2.42 bits per heavy atom. The Morgan fingerprint density at radius 3 is 3.05 bits per heavy atom. The van der Waals surface area contributed by atoms with Crippen molar-refractivity contribution >= 4 is 5.97 Å². The van der Waals surface area contributed by atoms with Gasteiger partial charge in [0.05, 0.1) is 0 Å². The molecular formula is C14H21N3O2. The number of carboxylic acids is 1. The highest BCUT2D eigenvalue weighted by Crippen LogP contribution is 2.16. The molecule has 1 N–H and O–H groups in total. The normalized spacial score (nSPS) is 20.1. The van der Waals surface area contributed by atoms with Crippen molar-refractivity contribution in [2.45, 2.75) is 13.0 Å². The van der Waals surface area contributed by atoms with E-state index in [0.717, 1.165) is 25.2 Å². The van der Waals surface area contributed by atoms with Crippen molar-refractivity contribution in [3.63, 3.8) is 0 Å². The number of hydrogen-bond donors (Lipinski definition) is 1. The Bertz CT molecular complexity index is 450. The number of likely N-dealkylation sites (tertiary alicyclic amines) is 1. The molecule has 104 valence electrons. The van der Waals surface area contributed by atoms with Crippen LogP contribution in [0, 0.1) is 5.92 Å². The molecule has 0 aromatic carbocycles. The van der Waals surface area contributed by atoms with E-state index in [2.05, 4.69) is 21.8 Å². The van der Waals surface area contributed by atoms with Crippen molar-refractivity contribution in [3.05, 3.63) is 29.6 Å². The molecule has 1 aromatic rings. The number of carbonyl (C=O) groups is 1. The van der Waals surface area contributed by atoms with Gasteiger partial charge in [-0.2, -0.15) is 0 Å². The monoisotopic (exact) mass is 263 g/mol. The maximum atomic E-state index is 11.1. The number of aromatic carboxylic acids is 1. The van der Waals surface area contributed by atoms with Gasteiger partial charge in [0.2, 0.25) is 0 Å². The van der Waals surface area contributed by atoms with Gasteiger partial charge in [-0.15, -0.1) is 0 Å². The molecule has 0 bridgehead atoms. The summed E-state index contributed by atoms with van der Waals surface area (Å²) in [5, 5.41) is 9.11. The third-order valence-electron chi connectivity index (χ3n) is 3.59. The first kappa shape index (κ1) is 14.0. The van der Waals surface area contributed by atoms with Crippen molar-refractivity contribution in [2.24, 2.45) is 5.92 Å². The third kappa shape index (κ3) is 3.75. The van der Waals surface area contributed by atoms with Gasteiger partial charge >= 0.3 is 5.97 Å². The lowest BCUT2D eigenvalue weighted by molar-refractivity contribution is 0.0688. The Labute approximate surface area is 113 Å². The van der Waals surface area contributed by atoms with Crippen molar-refractivity contribution < 1.29 is 9.90 Å². The van der Waals surface area contributed by atoms with Crippen LogP contribution in [-0.4, -0.2) is 59.6 Å². The van der Waals surface area contributed by atoms with Crippen LogP contribution in [0.5, 0.6) is 0 Å². The molecule has 2 heterocycles. The predicted molar refractivity (Wildman–Crippen MR) is 73.1 cm³/mol. The van der Waals surface area contributed by atoms with Gasteiger partial charge in [0.15, 0.2) is 5.69 Å². The molecule has 1 aliphatic rings. The second-order valence-corrected chi connectivity index (χ2v) is 5.43. The summed E-state index contributed by atoms with van der Waals surface area (Å²) in [6, 6.07) is 3.63. The molecule has 2 rings (SSSR count). The highest BCUT2D eigenvalue weighted by atomic mass is 16.4. The second-order valence-electron chi connectivity index (χ2n) is 5.43. The van der Waals surface area contributed by atoms with Crippen LogP contribution in [0.15, 0.2) is 18.3 Å². The van der Waals surface area contributed by atoms with Gasteiger partial charge in [0.25, 0.3) is 0 Å². The Morgan fingerprint density at radius 1 is 1.63 bits per heavy atom. The van der Waals surface area contributed by atoms with Crippen LogP contribution in [0.1, 0.15) is 22.5 Å². The molecule has 0 aliphatic carbocycles. The van der Waals surface area contributed by atoms with Gasteiger partial charge in [0.1, 0.15) is 0 Å². The van der Waals surface area contributed by atoms with E-state index in [1.165, 1.54) is 12.6 Å². The van der Waals surface area contributed by atoms with Crippen LogP contribution in [0.3, 0.4) is 0 Å². The molecule has 1 atom stereocenters. The summed E-state index contributed by atoms with van der Waals surface area (Å²) in [4.78, 5) is 19.6. The molecule has 1 fully saturated rings. The summed E-state index contributed by atoms with van der Waals surface area (Å²) in [5.74, 6) is -0.274. The van der Waals surface area contributed by atoms with Crippen LogP contribution in [0.2, 0.25) is 0 Å². The zero-order valence-corrected chi connectivity index (χ0v) is 11.5. The minimum Gasteiger partial charge on any atom is -0.477 e. The lowest BCUT2D eigenvalue weighted by Gasteiger charge is -2.21. The molecule has 0 radical (unpaired) electrons. The number of rotatable bonds is 5. The Balaban J connectivity index is 1.95. The molecule has 1 aliphatic heterocycles. The maximum absolute atomic E-state index is 11.1. The van der Waals surface area contributed by atoms with Gasteiger partial charge in [-0.25, -0.2) is 9.78 Å². The van der Waals surface area contributed by atoms with Gasteiger partial charge in [-0.1, -0.05) is 6.07 Å². The second kappa shape index (κ2) is 6.12.